The van der Waals surface area contributed by atoms with E-state index in [-0.39, 0.29) is 19.4 Å². The van der Waals surface area contributed by atoms with Gasteiger partial charge in [-0.25, -0.2) is 4.79 Å². The summed E-state index contributed by atoms with van der Waals surface area (Å²) in [5.74, 6) is 1.03. The molecule has 0 saturated heterocycles. The molecular weight excluding hydrogens is 472 g/mol. The molecule has 0 aliphatic carbocycles. The molecule has 4 amide bonds. The first-order valence-corrected chi connectivity index (χ1v) is 12.6. The zero-order valence-electron chi connectivity index (χ0n) is 23.1. The Kier molecular flexibility index (Phi) is 11.6. The van der Waals surface area contributed by atoms with Crippen molar-refractivity contribution < 1.29 is 23.9 Å². The number of terminal acetylenes is 1. The summed E-state index contributed by atoms with van der Waals surface area (Å²) in [6.07, 6.45) is 6.08. The van der Waals surface area contributed by atoms with Gasteiger partial charge in [0.05, 0.1) is 0 Å². The van der Waals surface area contributed by atoms with Crippen LogP contribution in [-0.2, 0) is 19.1 Å². The van der Waals surface area contributed by atoms with Gasteiger partial charge in [-0.15, -0.1) is 6.42 Å². The quantitative estimate of drug-likeness (QED) is 0.390. The molecule has 0 fully saturated rings. The minimum absolute atomic E-state index is 0.0551. The Bertz CT molecular complexity index is 1000. The first-order chi connectivity index (χ1) is 17.1. The van der Waals surface area contributed by atoms with E-state index in [0.29, 0.717) is 17.5 Å². The van der Waals surface area contributed by atoms with Gasteiger partial charge in [0.15, 0.2) is 0 Å². The van der Waals surface area contributed by atoms with Gasteiger partial charge in [-0.1, -0.05) is 37.5 Å². The van der Waals surface area contributed by atoms with E-state index in [1.807, 2.05) is 27.7 Å². The van der Waals surface area contributed by atoms with Crippen LogP contribution < -0.4 is 16.4 Å². The highest BCUT2D eigenvalue weighted by Crippen LogP contribution is 2.27. The molecular formula is C28H42N4O5. The molecule has 9 nitrogen and oxygen atoms in total. The van der Waals surface area contributed by atoms with Gasteiger partial charge in [0, 0.05) is 24.1 Å². The summed E-state index contributed by atoms with van der Waals surface area (Å²) in [4.78, 5) is 53.3. The maximum atomic E-state index is 14.0. The lowest BCUT2D eigenvalue weighted by atomic mass is 9.95. The van der Waals surface area contributed by atoms with Gasteiger partial charge in [-0.3, -0.25) is 14.4 Å². The van der Waals surface area contributed by atoms with E-state index in [1.54, 1.807) is 45.0 Å². The predicted molar refractivity (Wildman–Crippen MR) is 143 cm³/mol. The van der Waals surface area contributed by atoms with Crippen LogP contribution in [0.2, 0.25) is 0 Å². The fraction of sp³-hybridized carbons (Fsp3) is 0.571. The number of benzene rings is 1. The van der Waals surface area contributed by atoms with Crippen LogP contribution in [0.15, 0.2) is 24.3 Å². The molecule has 0 heterocycles. The molecule has 4 N–H and O–H groups in total. The van der Waals surface area contributed by atoms with Crippen molar-refractivity contribution in [1.29, 1.82) is 0 Å². The van der Waals surface area contributed by atoms with Crippen molar-refractivity contribution in [3.8, 4) is 12.3 Å². The molecule has 2 unspecified atom stereocenters. The standard InChI is InChI=1S/C28H42N4O5/c1-9-11-18-32(25(35)21(16-17-22(29)33)30-26(36)37-28(6,7)8)23(24(34)31-27(3,4)5)20-15-13-12-14-19(20)10-2/h2,12-15,21,23H,9,11,16-18H2,1,3-8H3,(H2,29,33)(H,30,36)(H,31,34). The molecule has 1 aromatic rings. The molecule has 0 spiro atoms. The number of ether oxygens (including phenoxy) is 1. The first kappa shape index (κ1) is 31.5. The third-order valence-electron chi connectivity index (χ3n) is 5.17. The molecule has 2 atom stereocenters. The third-order valence-corrected chi connectivity index (χ3v) is 5.17. The summed E-state index contributed by atoms with van der Waals surface area (Å²) >= 11 is 0. The second-order valence-corrected chi connectivity index (χ2v) is 11.0. The third kappa shape index (κ3) is 10.9. The number of carbonyl (C=O) groups is 4. The number of alkyl carbamates (subject to hydrolysis) is 1. The number of amides is 4. The fourth-order valence-electron chi connectivity index (χ4n) is 3.64. The van der Waals surface area contributed by atoms with E-state index in [1.165, 1.54) is 4.90 Å². The number of primary amides is 1. The van der Waals surface area contributed by atoms with Crippen molar-refractivity contribution in [3.05, 3.63) is 35.4 Å². The Hall–Kier alpha value is -3.54. The second-order valence-electron chi connectivity index (χ2n) is 11.0. The minimum atomic E-state index is -1.15. The number of nitrogens with one attached hydrogen (secondary N) is 2. The van der Waals surface area contributed by atoms with Crippen molar-refractivity contribution in [1.82, 2.24) is 15.5 Å². The van der Waals surface area contributed by atoms with Crippen molar-refractivity contribution in [3.63, 3.8) is 0 Å². The van der Waals surface area contributed by atoms with Crippen molar-refractivity contribution in [2.24, 2.45) is 5.73 Å². The number of unbranched alkanes of at least 4 members (excludes halogenated alkanes) is 1. The topological polar surface area (TPSA) is 131 Å². The van der Waals surface area contributed by atoms with Gasteiger partial charge in [0.1, 0.15) is 17.7 Å². The molecule has 0 radical (unpaired) electrons. The molecule has 1 rings (SSSR count). The smallest absolute Gasteiger partial charge is 0.408 e. The summed E-state index contributed by atoms with van der Waals surface area (Å²) in [6.45, 7) is 12.8. The first-order valence-electron chi connectivity index (χ1n) is 12.6. The Labute approximate surface area is 220 Å². The van der Waals surface area contributed by atoms with Crippen LogP contribution in [0, 0.1) is 12.3 Å². The zero-order valence-corrected chi connectivity index (χ0v) is 23.1. The van der Waals surface area contributed by atoms with E-state index in [0.717, 1.165) is 6.42 Å². The molecule has 0 saturated carbocycles. The Balaban J connectivity index is 3.60. The number of hydrogen-bond donors (Lipinski definition) is 3. The Morgan fingerprint density at radius 3 is 2.24 bits per heavy atom. The van der Waals surface area contributed by atoms with Crippen molar-refractivity contribution in [2.45, 2.75) is 97.4 Å². The Morgan fingerprint density at radius 1 is 1.11 bits per heavy atom. The molecule has 9 heteroatoms. The van der Waals surface area contributed by atoms with E-state index < -0.39 is 47.0 Å². The monoisotopic (exact) mass is 514 g/mol. The highest BCUT2D eigenvalue weighted by Gasteiger charge is 2.37. The van der Waals surface area contributed by atoms with E-state index in [2.05, 4.69) is 16.6 Å². The number of rotatable bonds is 11. The second kappa shape index (κ2) is 13.7. The largest absolute Gasteiger partial charge is 0.444 e. The number of nitrogens with two attached hydrogens (primary N) is 1. The van der Waals surface area contributed by atoms with Gasteiger partial charge in [0.25, 0.3) is 0 Å². The van der Waals surface area contributed by atoms with Crippen LogP contribution in [0.1, 0.15) is 91.3 Å². The normalized spacial score (nSPS) is 13.0. The summed E-state index contributed by atoms with van der Waals surface area (Å²) in [6, 6.07) is 4.71. The van der Waals surface area contributed by atoms with Gasteiger partial charge in [-0.2, -0.15) is 0 Å². The van der Waals surface area contributed by atoms with Crippen LogP contribution >= 0.6 is 0 Å². The SMILES string of the molecule is C#Cc1ccccc1C(C(=O)NC(C)(C)C)N(CCCC)C(=O)C(CCC(N)=O)NC(=O)OC(C)(C)C. The van der Waals surface area contributed by atoms with Crippen LogP contribution in [0.25, 0.3) is 0 Å². The Morgan fingerprint density at radius 2 is 1.73 bits per heavy atom. The van der Waals surface area contributed by atoms with E-state index >= 15 is 0 Å². The average molecular weight is 515 g/mol. The molecule has 204 valence electrons. The summed E-state index contributed by atoms with van der Waals surface area (Å²) in [5.41, 5.74) is 4.92. The van der Waals surface area contributed by atoms with Crippen molar-refractivity contribution >= 4 is 23.8 Å². The predicted octanol–water partition coefficient (Wildman–Crippen LogP) is 3.41. The van der Waals surface area contributed by atoms with Crippen LogP contribution in [0.3, 0.4) is 0 Å². The highest BCUT2D eigenvalue weighted by atomic mass is 16.6. The molecule has 37 heavy (non-hydrogen) atoms. The summed E-state index contributed by atoms with van der Waals surface area (Å²) in [7, 11) is 0. The van der Waals surface area contributed by atoms with Crippen LogP contribution in [0.4, 0.5) is 4.79 Å². The maximum Gasteiger partial charge on any atom is 0.408 e. The lowest BCUT2D eigenvalue weighted by Gasteiger charge is -2.36. The van der Waals surface area contributed by atoms with Crippen molar-refractivity contribution in [2.75, 3.05) is 6.54 Å². The molecule has 0 aliphatic heterocycles. The molecule has 0 aliphatic rings. The van der Waals surface area contributed by atoms with E-state index in [4.69, 9.17) is 16.9 Å². The zero-order chi connectivity index (χ0) is 28.4. The average Bonchev–Trinajstić information content (AvgIpc) is 2.76. The highest BCUT2D eigenvalue weighted by molar-refractivity contribution is 5.93. The van der Waals surface area contributed by atoms with Crippen LogP contribution in [0.5, 0.6) is 0 Å². The van der Waals surface area contributed by atoms with Gasteiger partial charge in [-0.05, 0) is 66.0 Å². The molecule has 1 aromatic carbocycles. The van der Waals surface area contributed by atoms with E-state index in [9.17, 15) is 19.2 Å². The number of carbonyl (C=O) groups excluding carboxylic acids is 4. The van der Waals surface area contributed by atoms with Gasteiger partial charge >= 0.3 is 6.09 Å². The van der Waals surface area contributed by atoms with Crippen LogP contribution in [-0.4, -0.2) is 52.4 Å². The summed E-state index contributed by atoms with van der Waals surface area (Å²) in [5, 5.41) is 5.53. The fourth-order valence-corrected chi connectivity index (χ4v) is 3.64. The number of nitrogens with zero attached hydrogens (tertiary/aromatic N) is 1. The number of hydrogen-bond acceptors (Lipinski definition) is 5. The maximum absolute atomic E-state index is 14.0. The lowest BCUT2D eigenvalue weighted by molar-refractivity contribution is -0.143. The molecule has 0 bridgehead atoms. The minimum Gasteiger partial charge on any atom is -0.444 e. The van der Waals surface area contributed by atoms with Gasteiger partial charge in [0.2, 0.25) is 17.7 Å². The van der Waals surface area contributed by atoms with Gasteiger partial charge < -0.3 is 26.0 Å². The molecule has 0 aromatic heterocycles. The summed E-state index contributed by atoms with van der Waals surface area (Å²) < 4.78 is 5.34. The lowest BCUT2D eigenvalue weighted by Crippen LogP contribution is -2.55.